The minimum atomic E-state index is 0.498. The third-order valence-electron chi connectivity index (χ3n) is 2.78. The first-order valence-electron chi connectivity index (χ1n) is 5.31. The van der Waals surface area contributed by atoms with Gasteiger partial charge >= 0.3 is 0 Å². The molecular formula is C12H14ClNOS. The zero-order valence-electron chi connectivity index (χ0n) is 9.15. The van der Waals surface area contributed by atoms with Crippen molar-refractivity contribution in [1.82, 2.24) is 0 Å². The fourth-order valence-corrected chi connectivity index (χ4v) is 3.23. The summed E-state index contributed by atoms with van der Waals surface area (Å²) in [5.41, 5.74) is 1.67. The Morgan fingerprint density at radius 3 is 3.00 bits per heavy atom. The van der Waals surface area contributed by atoms with E-state index in [0.29, 0.717) is 16.6 Å². The Kier molecular flexibility index (Phi) is 3.77. The van der Waals surface area contributed by atoms with Crippen LogP contribution in [0, 0.1) is 0 Å². The number of carbonyl (C=O) groups excluding carboxylic acids is 1. The van der Waals surface area contributed by atoms with Crippen LogP contribution in [-0.4, -0.2) is 30.4 Å². The van der Waals surface area contributed by atoms with Crippen molar-refractivity contribution in [3.8, 4) is 0 Å². The lowest BCUT2D eigenvalue weighted by Gasteiger charge is -2.35. The number of hydrogen-bond acceptors (Lipinski definition) is 3. The minimum Gasteiger partial charge on any atom is -0.366 e. The number of nitrogens with zero attached hydrogens (tertiary/aromatic N) is 1. The van der Waals surface area contributed by atoms with Crippen molar-refractivity contribution in [2.24, 2.45) is 0 Å². The van der Waals surface area contributed by atoms with Gasteiger partial charge in [-0.05, 0) is 25.1 Å². The molecule has 86 valence electrons. The van der Waals surface area contributed by atoms with Gasteiger partial charge in [0, 0.05) is 29.7 Å². The molecule has 1 saturated heterocycles. The number of carbonyl (C=O) groups is 1. The van der Waals surface area contributed by atoms with Gasteiger partial charge in [-0.25, -0.2) is 0 Å². The van der Waals surface area contributed by atoms with Crippen LogP contribution in [0.3, 0.4) is 0 Å². The summed E-state index contributed by atoms with van der Waals surface area (Å²) in [6, 6.07) is 6.00. The van der Waals surface area contributed by atoms with Gasteiger partial charge in [0.1, 0.15) is 6.29 Å². The molecule has 16 heavy (non-hydrogen) atoms. The maximum absolute atomic E-state index is 10.6. The summed E-state index contributed by atoms with van der Waals surface area (Å²) >= 11 is 8.17. The molecule has 1 unspecified atom stereocenters. The Bertz CT molecular complexity index is 397. The van der Waals surface area contributed by atoms with E-state index >= 15 is 0 Å². The summed E-state index contributed by atoms with van der Waals surface area (Å²) in [7, 11) is 0. The average Bonchev–Trinajstić information content (AvgIpc) is 2.30. The lowest BCUT2D eigenvalue weighted by atomic mass is 10.2. The summed E-state index contributed by atoms with van der Waals surface area (Å²) in [4.78, 5) is 12.9. The van der Waals surface area contributed by atoms with Gasteiger partial charge in [0.15, 0.2) is 0 Å². The molecule has 2 rings (SSSR count). The summed E-state index contributed by atoms with van der Waals surface area (Å²) < 4.78 is 0. The number of halogens is 1. The highest BCUT2D eigenvalue weighted by atomic mass is 35.5. The second kappa shape index (κ2) is 5.11. The van der Waals surface area contributed by atoms with E-state index in [9.17, 15) is 4.79 Å². The smallest absolute Gasteiger partial charge is 0.150 e. The Hall–Kier alpha value is -0.670. The van der Waals surface area contributed by atoms with Gasteiger partial charge < -0.3 is 4.90 Å². The van der Waals surface area contributed by atoms with Crippen molar-refractivity contribution in [1.29, 1.82) is 0 Å². The summed E-state index contributed by atoms with van der Waals surface area (Å²) in [5, 5.41) is 0.670. The van der Waals surface area contributed by atoms with Crippen LogP contribution in [0.15, 0.2) is 18.2 Å². The number of rotatable bonds is 2. The third kappa shape index (κ3) is 2.36. The third-order valence-corrected chi connectivity index (χ3v) is 4.28. The van der Waals surface area contributed by atoms with Crippen molar-refractivity contribution >= 4 is 35.3 Å². The predicted molar refractivity (Wildman–Crippen MR) is 71.0 cm³/mol. The average molecular weight is 256 g/mol. The molecule has 1 heterocycles. The molecule has 0 N–H and O–H groups in total. The Balaban J connectivity index is 2.28. The first kappa shape index (κ1) is 11.8. The highest BCUT2D eigenvalue weighted by Crippen LogP contribution is 2.30. The highest BCUT2D eigenvalue weighted by Gasteiger charge is 2.20. The number of benzene rings is 1. The van der Waals surface area contributed by atoms with Crippen LogP contribution in [0.4, 0.5) is 5.69 Å². The van der Waals surface area contributed by atoms with Gasteiger partial charge in [-0.3, -0.25) is 4.79 Å². The van der Waals surface area contributed by atoms with Crippen molar-refractivity contribution in [2.45, 2.75) is 13.0 Å². The van der Waals surface area contributed by atoms with E-state index in [1.54, 1.807) is 6.07 Å². The Morgan fingerprint density at radius 2 is 2.38 bits per heavy atom. The van der Waals surface area contributed by atoms with Crippen molar-refractivity contribution < 1.29 is 4.79 Å². The van der Waals surface area contributed by atoms with Crippen molar-refractivity contribution in [3.05, 3.63) is 28.8 Å². The number of thioether (sulfide) groups is 1. The largest absolute Gasteiger partial charge is 0.366 e. The molecule has 0 radical (unpaired) electrons. The second-order valence-electron chi connectivity index (χ2n) is 3.95. The summed E-state index contributed by atoms with van der Waals surface area (Å²) in [6.45, 7) is 3.22. The quantitative estimate of drug-likeness (QED) is 0.758. The Labute approximate surface area is 105 Å². The van der Waals surface area contributed by atoms with Gasteiger partial charge in [-0.1, -0.05) is 11.6 Å². The van der Waals surface area contributed by atoms with E-state index in [0.717, 1.165) is 30.0 Å². The van der Waals surface area contributed by atoms with Gasteiger partial charge in [0.2, 0.25) is 0 Å². The normalized spacial score (nSPS) is 20.9. The van der Waals surface area contributed by atoms with Crippen LogP contribution in [0.2, 0.25) is 5.02 Å². The molecule has 1 aromatic rings. The van der Waals surface area contributed by atoms with E-state index in [4.69, 9.17) is 11.6 Å². The van der Waals surface area contributed by atoms with E-state index < -0.39 is 0 Å². The van der Waals surface area contributed by atoms with E-state index in [-0.39, 0.29) is 0 Å². The summed E-state index contributed by atoms with van der Waals surface area (Å²) in [5.74, 6) is 2.27. The molecule has 2 nitrogen and oxygen atoms in total. The SMILES string of the molecule is CC1CSCCN1c1ccc(C=O)cc1Cl. The van der Waals surface area contributed by atoms with Crippen LogP contribution < -0.4 is 4.90 Å². The minimum absolute atomic E-state index is 0.498. The molecule has 0 bridgehead atoms. The molecular weight excluding hydrogens is 242 g/mol. The topological polar surface area (TPSA) is 20.3 Å². The van der Waals surface area contributed by atoms with Crippen LogP contribution in [0.25, 0.3) is 0 Å². The van der Waals surface area contributed by atoms with Gasteiger partial charge in [-0.15, -0.1) is 0 Å². The lowest BCUT2D eigenvalue weighted by Crippen LogP contribution is -2.40. The number of aldehydes is 1. The zero-order valence-corrected chi connectivity index (χ0v) is 10.7. The van der Waals surface area contributed by atoms with Gasteiger partial charge in [0.25, 0.3) is 0 Å². The van der Waals surface area contributed by atoms with E-state index in [2.05, 4.69) is 11.8 Å². The zero-order chi connectivity index (χ0) is 11.5. The molecule has 1 atom stereocenters. The molecule has 1 aliphatic heterocycles. The second-order valence-corrected chi connectivity index (χ2v) is 5.50. The van der Waals surface area contributed by atoms with Gasteiger partial charge in [0.05, 0.1) is 10.7 Å². The lowest BCUT2D eigenvalue weighted by molar-refractivity contribution is 0.112. The molecule has 4 heteroatoms. The van der Waals surface area contributed by atoms with Crippen LogP contribution in [0.5, 0.6) is 0 Å². The van der Waals surface area contributed by atoms with Crippen LogP contribution in [0.1, 0.15) is 17.3 Å². The predicted octanol–water partition coefficient (Wildman–Crippen LogP) is 3.09. The maximum atomic E-state index is 10.6. The van der Waals surface area contributed by atoms with Gasteiger partial charge in [-0.2, -0.15) is 11.8 Å². The first-order chi connectivity index (χ1) is 7.72. The van der Waals surface area contributed by atoms with Crippen molar-refractivity contribution in [2.75, 3.05) is 23.0 Å². The molecule has 1 fully saturated rings. The highest BCUT2D eigenvalue weighted by molar-refractivity contribution is 7.99. The number of hydrogen-bond donors (Lipinski definition) is 0. The van der Waals surface area contributed by atoms with Crippen LogP contribution >= 0.6 is 23.4 Å². The monoisotopic (exact) mass is 255 g/mol. The molecule has 1 aromatic carbocycles. The molecule has 0 aromatic heterocycles. The molecule has 0 aliphatic carbocycles. The number of anilines is 1. The Morgan fingerprint density at radius 1 is 1.56 bits per heavy atom. The molecule has 1 aliphatic rings. The molecule has 0 amide bonds. The molecule has 0 saturated carbocycles. The fraction of sp³-hybridized carbons (Fsp3) is 0.417. The fourth-order valence-electron chi connectivity index (χ4n) is 1.91. The maximum Gasteiger partial charge on any atom is 0.150 e. The first-order valence-corrected chi connectivity index (χ1v) is 6.85. The summed E-state index contributed by atoms with van der Waals surface area (Å²) in [6.07, 6.45) is 0.825. The van der Waals surface area contributed by atoms with E-state index in [1.807, 2.05) is 23.9 Å². The van der Waals surface area contributed by atoms with Crippen molar-refractivity contribution in [3.63, 3.8) is 0 Å². The standard InChI is InChI=1S/C12H14ClNOS/c1-9-8-16-5-4-14(9)12-3-2-10(7-15)6-11(12)13/h2-3,6-7,9H,4-5,8H2,1H3. The van der Waals surface area contributed by atoms with Crippen LogP contribution in [-0.2, 0) is 0 Å². The van der Waals surface area contributed by atoms with E-state index in [1.165, 1.54) is 0 Å². The molecule has 0 spiro atoms.